The highest BCUT2D eigenvalue weighted by molar-refractivity contribution is 6.03. The molecule has 28 heavy (non-hydrogen) atoms. The molecule has 2 atom stereocenters. The van der Waals surface area contributed by atoms with Gasteiger partial charge in [-0.15, -0.1) is 0 Å². The largest absolute Gasteiger partial charge is 0.455 e. The van der Waals surface area contributed by atoms with E-state index in [1.54, 1.807) is 0 Å². The second-order valence-electron chi connectivity index (χ2n) is 7.02. The first-order valence-electron chi connectivity index (χ1n) is 9.72. The highest BCUT2D eigenvalue weighted by Gasteiger charge is 2.32. The summed E-state index contributed by atoms with van der Waals surface area (Å²) in [5, 5.41) is 6.41. The van der Waals surface area contributed by atoms with E-state index in [-0.39, 0.29) is 12.1 Å². The SMILES string of the molecule is CCC[C@H](OC(=O)C1CC(c2ccccc2)=NO1)c1ccc2ccccc2c1. The molecule has 0 spiro atoms. The van der Waals surface area contributed by atoms with E-state index in [1.165, 1.54) is 5.39 Å². The number of esters is 1. The fourth-order valence-corrected chi connectivity index (χ4v) is 3.48. The Balaban J connectivity index is 1.46. The molecule has 1 unspecified atom stereocenters. The minimum absolute atomic E-state index is 0.286. The van der Waals surface area contributed by atoms with Crippen LogP contribution in [0.1, 0.15) is 43.4 Å². The van der Waals surface area contributed by atoms with Gasteiger partial charge in [0.05, 0.1) is 5.71 Å². The van der Waals surface area contributed by atoms with Crippen molar-refractivity contribution in [3.8, 4) is 0 Å². The molecule has 0 radical (unpaired) electrons. The Bertz CT molecular complexity index is 997. The van der Waals surface area contributed by atoms with E-state index < -0.39 is 6.10 Å². The Hall–Kier alpha value is -3.14. The van der Waals surface area contributed by atoms with Crippen molar-refractivity contribution in [1.29, 1.82) is 0 Å². The summed E-state index contributed by atoms with van der Waals surface area (Å²) in [5.41, 5.74) is 2.76. The number of nitrogens with zero attached hydrogens (tertiary/aromatic N) is 1. The number of hydrogen-bond acceptors (Lipinski definition) is 4. The third kappa shape index (κ3) is 3.91. The molecule has 0 bridgehead atoms. The molecule has 142 valence electrons. The van der Waals surface area contributed by atoms with Crippen LogP contribution in [-0.4, -0.2) is 17.8 Å². The lowest BCUT2D eigenvalue weighted by molar-refractivity contribution is -0.161. The zero-order valence-corrected chi connectivity index (χ0v) is 15.9. The molecule has 0 aromatic heterocycles. The first-order valence-corrected chi connectivity index (χ1v) is 9.72. The zero-order chi connectivity index (χ0) is 19.3. The molecule has 0 fully saturated rings. The molecule has 4 nitrogen and oxygen atoms in total. The maximum Gasteiger partial charge on any atom is 0.351 e. The summed E-state index contributed by atoms with van der Waals surface area (Å²) in [4.78, 5) is 18.1. The van der Waals surface area contributed by atoms with Crippen LogP contribution in [0.4, 0.5) is 0 Å². The van der Waals surface area contributed by atoms with Crippen LogP contribution >= 0.6 is 0 Å². The smallest absolute Gasteiger partial charge is 0.351 e. The van der Waals surface area contributed by atoms with Gasteiger partial charge in [-0.3, -0.25) is 0 Å². The van der Waals surface area contributed by atoms with Gasteiger partial charge in [0.15, 0.2) is 0 Å². The first-order chi connectivity index (χ1) is 13.7. The zero-order valence-electron chi connectivity index (χ0n) is 15.9. The average molecular weight is 373 g/mol. The summed E-state index contributed by atoms with van der Waals surface area (Å²) < 4.78 is 5.86. The van der Waals surface area contributed by atoms with Gasteiger partial charge in [0.2, 0.25) is 6.10 Å². The van der Waals surface area contributed by atoms with E-state index >= 15 is 0 Å². The van der Waals surface area contributed by atoms with Crippen molar-refractivity contribution < 1.29 is 14.4 Å². The van der Waals surface area contributed by atoms with Gasteiger partial charge in [-0.25, -0.2) is 4.79 Å². The van der Waals surface area contributed by atoms with Gasteiger partial charge >= 0.3 is 5.97 Å². The van der Waals surface area contributed by atoms with Crippen LogP contribution < -0.4 is 0 Å². The second-order valence-corrected chi connectivity index (χ2v) is 7.02. The van der Waals surface area contributed by atoms with E-state index in [9.17, 15) is 4.79 Å². The van der Waals surface area contributed by atoms with E-state index in [0.29, 0.717) is 6.42 Å². The normalized spacial score (nSPS) is 17.0. The minimum Gasteiger partial charge on any atom is -0.455 e. The highest BCUT2D eigenvalue weighted by Crippen LogP contribution is 2.28. The molecule has 0 saturated carbocycles. The molecule has 0 amide bonds. The molecule has 1 aliphatic rings. The van der Waals surface area contributed by atoms with Gasteiger partial charge in [-0.2, -0.15) is 0 Å². The molecular weight excluding hydrogens is 350 g/mol. The number of fused-ring (bicyclic) bond motifs is 1. The fraction of sp³-hybridized carbons (Fsp3) is 0.250. The number of carbonyl (C=O) groups excluding carboxylic acids is 1. The summed E-state index contributed by atoms with van der Waals surface area (Å²) >= 11 is 0. The van der Waals surface area contributed by atoms with Crippen molar-refractivity contribution in [2.24, 2.45) is 5.16 Å². The van der Waals surface area contributed by atoms with Gasteiger partial charge in [-0.05, 0) is 34.4 Å². The number of carbonyl (C=O) groups is 1. The predicted octanol–water partition coefficient (Wildman–Crippen LogP) is 5.42. The Morgan fingerprint density at radius 3 is 2.61 bits per heavy atom. The van der Waals surface area contributed by atoms with Crippen LogP contribution in [0.15, 0.2) is 78.0 Å². The van der Waals surface area contributed by atoms with E-state index in [4.69, 9.17) is 9.57 Å². The van der Waals surface area contributed by atoms with Crippen LogP contribution in [0.3, 0.4) is 0 Å². The van der Waals surface area contributed by atoms with Gasteiger partial charge in [-0.1, -0.05) is 85.2 Å². The summed E-state index contributed by atoms with van der Waals surface area (Å²) in [6, 6.07) is 24.2. The summed E-state index contributed by atoms with van der Waals surface area (Å²) in [7, 11) is 0. The molecule has 0 saturated heterocycles. The third-order valence-electron chi connectivity index (χ3n) is 4.99. The second kappa shape index (κ2) is 8.26. The van der Waals surface area contributed by atoms with Crippen molar-refractivity contribution in [2.45, 2.75) is 38.4 Å². The molecule has 3 aromatic rings. The van der Waals surface area contributed by atoms with Crippen LogP contribution in [-0.2, 0) is 14.4 Å². The summed E-state index contributed by atoms with van der Waals surface area (Å²) in [6.07, 6.45) is 1.14. The lowest BCUT2D eigenvalue weighted by Crippen LogP contribution is -2.25. The lowest BCUT2D eigenvalue weighted by atomic mass is 10.0. The summed E-state index contributed by atoms with van der Waals surface area (Å²) in [6.45, 7) is 2.09. The van der Waals surface area contributed by atoms with Gasteiger partial charge in [0.1, 0.15) is 6.10 Å². The van der Waals surface area contributed by atoms with E-state index in [1.807, 2.05) is 48.5 Å². The number of rotatable bonds is 6. The molecular formula is C24H23NO3. The van der Waals surface area contributed by atoms with Crippen molar-refractivity contribution in [1.82, 2.24) is 0 Å². The maximum absolute atomic E-state index is 12.7. The summed E-state index contributed by atoms with van der Waals surface area (Å²) in [5.74, 6) is -0.360. The molecule has 0 aliphatic carbocycles. The quantitative estimate of drug-likeness (QED) is 0.542. The van der Waals surface area contributed by atoms with Crippen molar-refractivity contribution >= 4 is 22.5 Å². The monoisotopic (exact) mass is 373 g/mol. The van der Waals surface area contributed by atoms with Crippen molar-refractivity contribution in [3.63, 3.8) is 0 Å². The molecule has 4 rings (SSSR count). The first kappa shape index (κ1) is 18.2. The van der Waals surface area contributed by atoms with Crippen molar-refractivity contribution in [2.75, 3.05) is 0 Å². The minimum atomic E-state index is -0.685. The Labute approximate surface area is 164 Å². The molecule has 3 aromatic carbocycles. The van der Waals surface area contributed by atoms with Crippen LogP contribution in [0.5, 0.6) is 0 Å². The Morgan fingerprint density at radius 2 is 1.82 bits per heavy atom. The average Bonchev–Trinajstić information content (AvgIpc) is 3.24. The maximum atomic E-state index is 12.7. The lowest BCUT2D eigenvalue weighted by Gasteiger charge is -2.20. The molecule has 4 heteroatoms. The van der Waals surface area contributed by atoms with E-state index in [2.05, 4.69) is 36.3 Å². The van der Waals surface area contributed by atoms with Crippen LogP contribution in [0.25, 0.3) is 10.8 Å². The third-order valence-corrected chi connectivity index (χ3v) is 4.99. The standard InChI is InChI=1S/C24H23NO3/c1-2-8-22(20-14-13-17-9-6-7-12-19(17)15-20)27-24(26)23-16-21(25-28-23)18-10-4-3-5-11-18/h3-7,9-15,22-23H,2,8,16H2,1H3/t22-,23?/m0/s1. The highest BCUT2D eigenvalue weighted by atomic mass is 16.7. The topological polar surface area (TPSA) is 47.9 Å². The van der Waals surface area contributed by atoms with Crippen LogP contribution in [0, 0.1) is 0 Å². The van der Waals surface area contributed by atoms with E-state index in [0.717, 1.165) is 35.1 Å². The Morgan fingerprint density at radius 1 is 1.07 bits per heavy atom. The molecule has 0 N–H and O–H groups in total. The molecule has 1 heterocycles. The predicted molar refractivity (Wildman–Crippen MR) is 110 cm³/mol. The number of hydrogen-bond donors (Lipinski definition) is 0. The van der Waals surface area contributed by atoms with Crippen LogP contribution in [0.2, 0.25) is 0 Å². The number of oxime groups is 1. The van der Waals surface area contributed by atoms with Gasteiger partial charge in [0.25, 0.3) is 0 Å². The fourth-order valence-electron chi connectivity index (χ4n) is 3.48. The van der Waals surface area contributed by atoms with Gasteiger partial charge in [0, 0.05) is 6.42 Å². The molecule has 1 aliphatic heterocycles. The Kier molecular flexibility index (Phi) is 5.38. The number of benzene rings is 3. The van der Waals surface area contributed by atoms with Crippen molar-refractivity contribution in [3.05, 3.63) is 83.9 Å². The number of ether oxygens (including phenoxy) is 1. The van der Waals surface area contributed by atoms with Gasteiger partial charge < -0.3 is 9.57 Å².